The summed E-state index contributed by atoms with van der Waals surface area (Å²) < 4.78 is 2.44. The number of rotatable bonds is 6. The van der Waals surface area contributed by atoms with Gasteiger partial charge in [-0.05, 0) is 99.1 Å². The molecule has 0 aliphatic rings. The first kappa shape index (κ1) is 30.0. The van der Waals surface area contributed by atoms with Crippen molar-refractivity contribution in [3.63, 3.8) is 0 Å². The lowest BCUT2D eigenvalue weighted by molar-refractivity contribution is 1.19. The quantitative estimate of drug-likeness (QED) is 0.172. The van der Waals surface area contributed by atoms with Gasteiger partial charge in [-0.15, -0.1) is 0 Å². The second kappa shape index (κ2) is 12.5. The van der Waals surface area contributed by atoms with E-state index in [9.17, 15) is 0 Å². The molecule has 0 N–H and O–H groups in total. The van der Waals surface area contributed by atoms with Gasteiger partial charge in [0.1, 0.15) is 0 Å². The second-order valence-electron chi connectivity index (χ2n) is 13.4. The van der Waals surface area contributed by atoms with Crippen LogP contribution in [0.2, 0.25) is 0 Å². The zero-order chi connectivity index (χ0) is 34.4. The Balaban J connectivity index is 1.13. The lowest BCUT2D eigenvalue weighted by Crippen LogP contribution is -2.09. The average molecular weight is 663 g/mol. The summed E-state index contributed by atoms with van der Waals surface area (Å²) in [5.41, 5.74) is 11.7. The van der Waals surface area contributed by atoms with Gasteiger partial charge >= 0.3 is 0 Å². The summed E-state index contributed by atoms with van der Waals surface area (Å²) in [4.78, 5) is 2.37. The van der Waals surface area contributed by atoms with Crippen LogP contribution in [0.1, 0.15) is 0 Å². The van der Waals surface area contributed by atoms with Crippen molar-refractivity contribution < 1.29 is 0 Å². The largest absolute Gasteiger partial charge is 0.310 e. The minimum atomic E-state index is 1.11. The third-order valence-corrected chi connectivity index (χ3v) is 10.3. The predicted molar refractivity (Wildman–Crippen MR) is 221 cm³/mol. The van der Waals surface area contributed by atoms with Crippen LogP contribution in [-0.4, -0.2) is 4.57 Å². The Morgan fingerprint density at radius 1 is 0.308 bits per heavy atom. The smallest absolute Gasteiger partial charge is 0.0620 e. The summed E-state index contributed by atoms with van der Waals surface area (Å²) in [5, 5.41) is 7.43. The van der Waals surface area contributed by atoms with Crippen LogP contribution < -0.4 is 4.90 Å². The lowest BCUT2D eigenvalue weighted by Gasteiger charge is -2.26. The molecule has 9 aromatic carbocycles. The summed E-state index contributed by atoms with van der Waals surface area (Å²) >= 11 is 0. The Hall–Kier alpha value is -6.90. The summed E-state index contributed by atoms with van der Waals surface area (Å²) in [7, 11) is 0. The molecule has 2 heteroatoms. The van der Waals surface area contributed by atoms with Gasteiger partial charge < -0.3 is 9.47 Å². The van der Waals surface area contributed by atoms with Gasteiger partial charge in [0.05, 0.1) is 11.0 Å². The first-order chi connectivity index (χ1) is 25.8. The van der Waals surface area contributed by atoms with Crippen molar-refractivity contribution >= 4 is 60.4 Å². The van der Waals surface area contributed by atoms with E-state index >= 15 is 0 Å². The SMILES string of the molecule is c1ccc(-c2ccc(-n3c4ccccc4c4ccc5ccc(N(c6ccccc6)c6ccc(-c7ccc8ccccc8c7)cc6)cc5c43)cc2)cc1. The van der Waals surface area contributed by atoms with E-state index in [2.05, 4.69) is 216 Å². The van der Waals surface area contributed by atoms with Gasteiger partial charge in [-0.1, -0.05) is 146 Å². The standard InChI is InChI=1S/C50H34N2/c1-3-11-35(12-4-1)37-21-29-44(30-22-37)52-49-18-10-9-17-46(49)47-32-26-39-25-31-45(34-48(39)50(47)52)51(42-15-5-2-6-16-42)43-27-23-38(24-28-43)41-20-19-36-13-7-8-14-40(36)33-41/h1-34H. The van der Waals surface area contributed by atoms with E-state index in [1.807, 2.05) is 0 Å². The highest BCUT2D eigenvalue weighted by atomic mass is 15.1. The normalized spacial score (nSPS) is 11.5. The average Bonchev–Trinajstić information content (AvgIpc) is 3.57. The summed E-state index contributed by atoms with van der Waals surface area (Å²) in [6.07, 6.45) is 0. The first-order valence-electron chi connectivity index (χ1n) is 17.8. The van der Waals surface area contributed by atoms with E-state index in [-0.39, 0.29) is 0 Å². The monoisotopic (exact) mass is 662 g/mol. The van der Waals surface area contributed by atoms with Crippen LogP contribution in [-0.2, 0) is 0 Å². The maximum absolute atomic E-state index is 2.44. The summed E-state index contributed by atoms with van der Waals surface area (Å²) in [5.74, 6) is 0. The van der Waals surface area contributed by atoms with Crippen molar-refractivity contribution in [3.05, 3.63) is 206 Å². The minimum Gasteiger partial charge on any atom is -0.310 e. The molecule has 10 rings (SSSR count). The van der Waals surface area contributed by atoms with Crippen LogP contribution in [0.15, 0.2) is 206 Å². The molecule has 0 radical (unpaired) electrons. The van der Waals surface area contributed by atoms with Crippen LogP contribution in [0.3, 0.4) is 0 Å². The number of benzene rings is 9. The number of hydrogen-bond donors (Lipinski definition) is 0. The van der Waals surface area contributed by atoms with Gasteiger partial charge in [-0.25, -0.2) is 0 Å². The van der Waals surface area contributed by atoms with Crippen molar-refractivity contribution in [3.8, 4) is 27.9 Å². The van der Waals surface area contributed by atoms with Crippen LogP contribution in [0.4, 0.5) is 17.1 Å². The third-order valence-electron chi connectivity index (χ3n) is 10.3. The van der Waals surface area contributed by atoms with Gasteiger partial charge in [0.15, 0.2) is 0 Å². The molecule has 1 aromatic heterocycles. The molecule has 0 unspecified atom stereocenters. The highest BCUT2D eigenvalue weighted by molar-refractivity contribution is 6.19. The summed E-state index contributed by atoms with van der Waals surface area (Å²) in [6.45, 7) is 0. The van der Waals surface area contributed by atoms with Crippen LogP contribution in [0.5, 0.6) is 0 Å². The molecule has 244 valence electrons. The molecular weight excluding hydrogens is 629 g/mol. The van der Waals surface area contributed by atoms with Crippen molar-refractivity contribution in [1.82, 2.24) is 4.57 Å². The molecule has 52 heavy (non-hydrogen) atoms. The van der Waals surface area contributed by atoms with Crippen molar-refractivity contribution in [2.45, 2.75) is 0 Å². The Morgan fingerprint density at radius 2 is 0.865 bits per heavy atom. The second-order valence-corrected chi connectivity index (χ2v) is 13.4. The zero-order valence-corrected chi connectivity index (χ0v) is 28.5. The Kier molecular flexibility index (Phi) is 7.18. The fraction of sp³-hybridized carbons (Fsp3) is 0. The van der Waals surface area contributed by atoms with E-state index in [1.165, 1.54) is 65.6 Å². The van der Waals surface area contributed by atoms with E-state index in [0.29, 0.717) is 0 Å². The first-order valence-corrected chi connectivity index (χ1v) is 17.8. The molecule has 0 aliphatic heterocycles. The van der Waals surface area contributed by atoms with E-state index in [0.717, 1.165) is 22.7 Å². The number of nitrogens with zero attached hydrogens (tertiary/aromatic N) is 2. The number of fused-ring (bicyclic) bond motifs is 6. The topological polar surface area (TPSA) is 8.17 Å². The van der Waals surface area contributed by atoms with Crippen LogP contribution >= 0.6 is 0 Å². The molecule has 0 saturated carbocycles. The van der Waals surface area contributed by atoms with Gasteiger partial charge in [0.25, 0.3) is 0 Å². The highest BCUT2D eigenvalue weighted by Gasteiger charge is 2.18. The molecule has 0 fully saturated rings. The van der Waals surface area contributed by atoms with E-state index in [1.54, 1.807) is 0 Å². The van der Waals surface area contributed by atoms with Gasteiger partial charge in [-0.3, -0.25) is 0 Å². The number of para-hydroxylation sites is 2. The van der Waals surface area contributed by atoms with Crippen molar-refractivity contribution in [2.75, 3.05) is 4.90 Å². The van der Waals surface area contributed by atoms with E-state index < -0.39 is 0 Å². The molecule has 0 atom stereocenters. The third kappa shape index (κ3) is 5.12. The molecule has 0 amide bonds. The molecule has 0 aliphatic carbocycles. The Bertz CT molecular complexity index is 2870. The maximum Gasteiger partial charge on any atom is 0.0620 e. The van der Waals surface area contributed by atoms with Gasteiger partial charge in [-0.2, -0.15) is 0 Å². The summed E-state index contributed by atoms with van der Waals surface area (Å²) in [6, 6.07) is 74.7. The lowest BCUT2D eigenvalue weighted by atomic mass is 10.0. The Morgan fingerprint density at radius 3 is 1.67 bits per heavy atom. The number of hydrogen-bond acceptors (Lipinski definition) is 1. The van der Waals surface area contributed by atoms with Crippen molar-refractivity contribution in [2.24, 2.45) is 0 Å². The van der Waals surface area contributed by atoms with Crippen LogP contribution in [0.25, 0.3) is 71.3 Å². The zero-order valence-electron chi connectivity index (χ0n) is 28.5. The molecule has 2 nitrogen and oxygen atoms in total. The predicted octanol–water partition coefficient (Wildman–Crippen LogP) is 13.9. The Labute approximate surface area is 303 Å². The molecule has 0 saturated heterocycles. The van der Waals surface area contributed by atoms with Crippen LogP contribution in [0, 0.1) is 0 Å². The molecule has 10 aromatic rings. The molecule has 1 heterocycles. The van der Waals surface area contributed by atoms with Gasteiger partial charge in [0, 0.05) is 38.9 Å². The van der Waals surface area contributed by atoms with E-state index in [4.69, 9.17) is 0 Å². The fourth-order valence-electron chi connectivity index (χ4n) is 7.80. The minimum absolute atomic E-state index is 1.11. The number of aromatic nitrogens is 1. The fourth-order valence-corrected chi connectivity index (χ4v) is 7.80. The highest BCUT2D eigenvalue weighted by Crippen LogP contribution is 2.41. The van der Waals surface area contributed by atoms with Gasteiger partial charge in [0.2, 0.25) is 0 Å². The maximum atomic E-state index is 2.44. The number of anilines is 3. The van der Waals surface area contributed by atoms with Crippen molar-refractivity contribution in [1.29, 1.82) is 0 Å². The molecule has 0 spiro atoms. The molecule has 0 bridgehead atoms. The molecular formula is C50H34N2.